The zero-order valence-corrected chi connectivity index (χ0v) is 22.0. The van der Waals surface area contributed by atoms with Crippen molar-refractivity contribution in [2.45, 2.75) is 91.9 Å². The van der Waals surface area contributed by atoms with Crippen LogP contribution in [-0.4, -0.2) is 0 Å². The molecule has 0 heterocycles. The van der Waals surface area contributed by atoms with E-state index in [0.717, 1.165) is 47.5 Å². The monoisotopic (exact) mass is 452 g/mol. The van der Waals surface area contributed by atoms with E-state index in [4.69, 9.17) is 0 Å². The van der Waals surface area contributed by atoms with Crippen molar-refractivity contribution in [1.82, 2.24) is 0 Å². The van der Waals surface area contributed by atoms with Crippen LogP contribution in [0.3, 0.4) is 0 Å². The molecule has 3 saturated carbocycles. The number of hydrogen-bond acceptors (Lipinski definition) is 0. The summed E-state index contributed by atoms with van der Waals surface area (Å²) in [6, 6.07) is 10.2. The average molecular weight is 453 g/mol. The Morgan fingerprint density at radius 2 is 1.79 bits per heavy atom. The molecular formula is C34H44. The molecule has 1 aromatic rings. The highest BCUT2D eigenvalue weighted by Gasteiger charge is 2.58. The first-order chi connectivity index (χ1) is 16.4. The SMILES string of the molecule is C[C@H]1CC[C@@]2(C)C(=CC[C@H]3[C@@H]4CC[C@H]([C@H](C)CCC#CC#Cc5ccccc5)[C@@]4(C)CC[C@@H]32)C1. The first-order valence-corrected chi connectivity index (χ1v) is 14.2. The normalized spacial score (nSPS) is 39.2. The first-order valence-electron chi connectivity index (χ1n) is 14.2. The quantitative estimate of drug-likeness (QED) is 0.318. The molecule has 8 atom stereocenters. The van der Waals surface area contributed by atoms with Gasteiger partial charge in [0.25, 0.3) is 0 Å². The fourth-order valence-corrected chi connectivity index (χ4v) is 9.05. The van der Waals surface area contributed by atoms with Gasteiger partial charge in [-0.15, -0.1) is 0 Å². The summed E-state index contributed by atoms with van der Waals surface area (Å²) < 4.78 is 0. The van der Waals surface area contributed by atoms with E-state index in [1.807, 2.05) is 35.9 Å². The zero-order chi connectivity index (χ0) is 23.8. The molecule has 180 valence electrons. The third-order valence-corrected chi connectivity index (χ3v) is 11.0. The van der Waals surface area contributed by atoms with E-state index in [0.29, 0.717) is 10.8 Å². The highest BCUT2D eigenvalue weighted by atomic mass is 14.6. The third kappa shape index (κ3) is 4.28. The number of rotatable bonds is 3. The summed E-state index contributed by atoms with van der Waals surface area (Å²) in [6.07, 6.45) is 16.4. The van der Waals surface area contributed by atoms with Crippen molar-refractivity contribution < 1.29 is 0 Å². The van der Waals surface area contributed by atoms with Crippen molar-refractivity contribution in [2.75, 3.05) is 0 Å². The Labute approximate surface area is 209 Å². The van der Waals surface area contributed by atoms with Crippen molar-refractivity contribution >= 4 is 0 Å². The molecule has 5 rings (SSSR count). The molecule has 0 bridgehead atoms. The van der Waals surface area contributed by atoms with Gasteiger partial charge in [0.15, 0.2) is 0 Å². The second kappa shape index (κ2) is 9.62. The van der Waals surface area contributed by atoms with Crippen LogP contribution >= 0.6 is 0 Å². The third-order valence-electron chi connectivity index (χ3n) is 11.0. The smallest absolute Gasteiger partial charge is 0.0255 e. The Kier molecular flexibility index (Phi) is 6.73. The molecule has 0 amide bonds. The fourth-order valence-electron chi connectivity index (χ4n) is 9.05. The second-order valence-electron chi connectivity index (χ2n) is 12.8. The summed E-state index contributed by atoms with van der Waals surface area (Å²) in [5, 5.41) is 0. The van der Waals surface area contributed by atoms with Gasteiger partial charge < -0.3 is 0 Å². The largest absolute Gasteiger partial charge is 0.0891 e. The van der Waals surface area contributed by atoms with Crippen molar-refractivity contribution in [2.24, 2.45) is 46.3 Å². The van der Waals surface area contributed by atoms with Gasteiger partial charge >= 0.3 is 0 Å². The standard InChI is InChI=1S/C34H44/c1-25-20-22-33(3)28(24-25)16-17-29-31-19-18-30(34(31,4)23-21-32(29)33)26(2)12-8-5-6-9-13-27-14-10-7-11-15-27/h7,10-11,14-16,25-26,29-32H,8,12,17-24H2,1-4H3/t25-,26+,29-,30+,31-,32-,33-,34+/m0/s1. The number of hydrogen-bond donors (Lipinski definition) is 0. The Balaban J connectivity index is 1.22. The lowest BCUT2D eigenvalue weighted by Crippen LogP contribution is -2.50. The fraction of sp³-hybridized carbons (Fsp3) is 0.647. The molecule has 34 heavy (non-hydrogen) atoms. The first kappa shape index (κ1) is 23.8. The molecule has 0 saturated heterocycles. The van der Waals surface area contributed by atoms with E-state index in [1.54, 1.807) is 0 Å². The maximum absolute atomic E-state index is 3.35. The summed E-state index contributed by atoms with van der Waals surface area (Å²) >= 11 is 0. The van der Waals surface area contributed by atoms with Gasteiger partial charge in [-0.1, -0.05) is 69.4 Å². The van der Waals surface area contributed by atoms with Crippen LogP contribution in [0.1, 0.15) is 97.5 Å². The Hall–Kier alpha value is -1.92. The van der Waals surface area contributed by atoms with Gasteiger partial charge in [-0.25, -0.2) is 0 Å². The summed E-state index contributed by atoms with van der Waals surface area (Å²) in [6.45, 7) is 10.3. The Morgan fingerprint density at radius 1 is 0.971 bits per heavy atom. The van der Waals surface area contributed by atoms with Crippen LogP contribution in [0.4, 0.5) is 0 Å². The molecule has 0 aliphatic heterocycles. The summed E-state index contributed by atoms with van der Waals surface area (Å²) in [5.41, 5.74) is 3.95. The Morgan fingerprint density at radius 3 is 2.62 bits per heavy atom. The average Bonchev–Trinajstić information content (AvgIpc) is 3.19. The summed E-state index contributed by atoms with van der Waals surface area (Å²) in [5.74, 6) is 18.0. The van der Waals surface area contributed by atoms with Gasteiger partial charge in [-0.05, 0) is 128 Å². The van der Waals surface area contributed by atoms with Crippen molar-refractivity contribution in [1.29, 1.82) is 0 Å². The molecule has 0 aromatic heterocycles. The van der Waals surface area contributed by atoms with E-state index in [2.05, 4.69) is 57.5 Å². The van der Waals surface area contributed by atoms with Crippen LogP contribution in [0.25, 0.3) is 0 Å². The van der Waals surface area contributed by atoms with E-state index in [-0.39, 0.29) is 0 Å². The molecule has 3 fully saturated rings. The van der Waals surface area contributed by atoms with Crippen LogP contribution in [0.5, 0.6) is 0 Å². The van der Waals surface area contributed by atoms with Crippen LogP contribution < -0.4 is 0 Å². The minimum atomic E-state index is 0.511. The van der Waals surface area contributed by atoms with Crippen LogP contribution in [-0.2, 0) is 0 Å². The Bertz CT molecular complexity index is 1020. The molecule has 4 aliphatic rings. The highest BCUT2D eigenvalue weighted by molar-refractivity contribution is 5.39. The molecular weight excluding hydrogens is 408 g/mol. The topological polar surface area (TPSA) is 0 Å². The van der Waals surface area contributed by atoms with Gasteiger partial charge in [-0.2, -0.15) is 0 Å². The van der Waals surface area contributed by atoms with Crippen molar-refractivity contribution in [3.05, 3.63) is 47.5 Å². The molecule has 1 aromatic carbocycles. The van der Waals surface area contributed by atoms with E-state index in [1.165, 1.54) is 57.8 Å². The lowest BCUT2D eigenvalue weighted by molar-refractivity contribution is -0.0520. The number of fused-ring (bicyclic) bond motifs is 5. The molecule has 0 N–H and O–H groups in total. The van der Waals surface area contributed by atoms with Gasteiger partial charge in [-0.3, -0.25) is 0 Å². The lowest BCUT2D eigenvalue weighted by Gasteiger charge is -2.58. The summed E-state index contributed by atoms with van der Waals surface area (Å²) in [7, 11) is 0. The second-order valence-corrected chi connectivity index (χ2v) is 12.8. The van der Waals surface area contributed by atoms with Crippen molar-refractivity contribution in [3.63, 3.8) is 0 Å². The van der Waals surface area contributed by atoms with E-state index >= 15 is 0 Å². The molecule has 0 nitrogen and oxygen atoms in total. The molecule has 4 aliphatic carbocycles. The molecule has 0 heteroatoms. The zero-order valence-electron chi connectivity index (χ0n) is 22.0. The van der Waals surface area contributed by atoms with Crippen LogP contribution in [0.2, 0.25) is 0 Å². The maximum Gasteiger partial charge on any atom is 0.0255 e. The van der Waals surface area contributed by atoms with E-state index in [9.17, 15) is 0 Å². The van der Waals surface area contributed by atoms with Gasteiger partial charge in [0.2, 0.25) is 0 Å². The van der Waals surface area contributed by atoms with Gasteiger partial charge in [0, 0.05) is 12.0 Å². The molecule has 0 spiro atoms. The van der Waals surface area contributed by atoms with Crippen LogP contribution in [0, 0.1) is 70.0 Å². The van der Waals surface area contributed by atoms with Crippen LogP contribution in [0.15, 0.2) is 42.0 Å². The van der Waals surface area contributed by atoms with Gasteiger partial charge in [0.1, 0.15) is 0 Å². The number of benzene rings is 1. The van der Waals surface area contributed by atoms with Gasteiger partial charge in [0.05, 0.1) is 0 Å². The predicted octanol–water partition coefficient (Wildman–Crippen LogP) is 8.67. The lowest BCUT2D eigenvalue weighted by atomic mass is 9.46. The maximum atomic E-state index is 3.35. The minimum Gasteiger partial charge on any atom is -0.0891 e. The minimum absolute atomic E-state index is 0.511. The van der Waals surface area contributed by atoms with Crippen molar-refractivity contribution in [3.8, 4) is 23.7 Å². The molecule has 0 unspecified atom stereocenters. The highest BCUT2D eigenvalue weighted by Crippen LogP contribution is 2.67. The number of allylic oxidation sites excluding steroid dienone is 2. The van der Waals surface area contributed by atoms with E-state index < -0.39 is 0 Å². The predicted molar refractivity (Wildman–Crippen MR) is 144 cm³/mol. The summed E-state index contributed by atoms with van der Waals surface area (Å²) in [4.78, 5) is 0. The molecule has 0 radical (unpaired) electrons.